The number of carbonyl (C=O) groups excluding carboxylic acids is 2. The molecule has 0 aliphatic carbocycles. The monoisotopic (exact) mass is 510 g/mol. The summed E-state index contributed by atoms with van der Waals surface area (Å²) < 4.78 is 31.1. The lowest BCUT2D eigenvalue weighted by Gasteiger charge is -2.29. The van der Waals surface area contributed by atoms with E-state index in [1.54, 1.807) is 22.3 Å². The van der Waals surface area contributed by atoms with E-state index in [1.165, 1.54) is 23.1 Å². The standard InChI is InChI=1S/C27H27FN2O5S/c28-23-8-2-1-7-22(23)27(32)30(15-20-5-3-11-33-20)17-26(31)29(16-21-6-4-12-36-21)14-19-9-10-24-25(13-19)35-18-34-24/h1-2,4,6-10,12-13,20H,3,5,11,14-18H2. The molecule has 9 heteroatoms. The predicted molar refractivity (Wildman–Crippen MR) is 132 cm³/mol. The quantitative estimate of drug-likeness (QED) is 0.425. The average Bonchev–Trinajstić information content (AvgIpc) is 3.66. The summed E-state index contributed by atoms with van der Waals surface area (Å²) in [6.45, 7) is 1.57. The highest BCUT2D eigenvalue weighted by atomic mass is 32.1. The van der Waals surface area contributed by atoms with E-state index in [9.17, 15) is 14.0 Å². The fourth-order valence-corrected chi connectivity index (χ4v) is 5.12. The molecule has 188 valence electrons. The van der Waals surface area contributed by atoms with E-state index < -0.39 is 11.7 Å². The summed E-state index contributed by atoms with van der Waals surface area (Å²) in [4.78, 5) is 31.2. The Hall–Kier alpha value is -3.43. The first-order valence-electron chi connectivity index (χ1n) is 11.9. The lowest BCUT2D eigenvalue weighted by atomic mass is 10.1. The third-order valence-corrected chi connectivity index (χ3v) is 7.12. The fourth-order valence-electron chi connectivity index (χ4n) is 4.40. The molecule has 36 heavy (non-hydrogen) atoms. The predicted octanol–water partition coefficient (Wildman–Crippen LogP) is 4.47. The lowest BCUT2D eigenvalue weighted by Crippen LogP contribution is -2.45. The summed E-state index contributed by atoms with van der Waals surface area (Å²) in [6.07, 6.45) is 1.52. The molecule has 0 spiro atoms. The number of hydrogen-bond acceptors (Lipinski definition) is 6. The lowest BCUT2D eigenvalue weighted by molar-refractivity contribution is -0.133. The fraction of sp³-hybridized carbons (Fsp3) is 0.333. The minimum absolute atomic E-state index is 0.0520. The van der Waals surface area contributed by atoms with E-state index in [-0.39, 0.29) is 37.5 Å². The molecule has 0 saturated carbocycles. The molecule has 2 aromatic carbocycles. The molecule has 0 bridgehead atoms. The molecule has 0 radical (unpaired) electrons. The highest BCUT2D eigenvalue weighted by Gasteiger charge is 2.28. The Labute approximate surface area is 213 Å². The van der Waals surface area contributed by atoms with Crippen LogP contribution in [0, 0.1) is 5.82 Å². The van der Waals surface area contributed by atoms with Crippen LogP contribution >= 0.6 is 11.3 Å². The molecule has 1 saturated heterocycles. The number of hydrogen-bond donors (Lipinski definition) is 0. The molecule has 1 atom stereocenters. The Morgan fingerprint density at radius 2 is 1.86 bits per heavy atom. The first-order valence-corrected chi connectivity index (χ1v) is 12.8. The van der Waals surface area contributed by atoms with Gasteiger partial charge in [-0.2, -0.15) is 0 Å². The van der Waals surface area contributed by atoms with Crippen LogP contribution < -0.4 is 9.47 Å². The summed E-state index contributed by atoms with van der Waals surface area (Å²) in [5.74, 6) is -0.0400. The second kappa shape index (κ2) is 11.1. The zero-order valence-corrected chi connectivity index (χ0v) is 20.5. The number of amides is 2. The number of carbonyl (C=O) groups is 2. The number of ether oxygens (including phenoxy) is 3. The van der Waals surface area contributed by atoms with Crippen LogP contribution in [0.5, 0.6) is 11.5 Å². The molecule has 7 nitrogen and oxygen atoms in total. The zero-order chi connectivity index (χ0) is 24.9. The molecule has 1 fully saturated rings. The largest absolute Gasteiger partial charge is 0.454 e. The van der Waals surface area contributed by atoms with Gasteiger partial charge in [-0.3, -0.25) is 9.59 Å². The Morgan fingerprint density at radius 1 is 1.00 bits per heavy atom. The first-order chi connectivity index (χ1) is 17.6. The molecule has 5 rings (SSSR count). The molecule has 2 aliphatic heterocycles. The molecule has 3 aromatic rings. The second-order valence-corrected chi connectivity index (χ2v) is 9.85. The van der Waals surface area contributed by atoms with Crippen LogP contribution in [0.15, 0.2) is 60.0 Å². The number of fused-ring (bicyclic) bond motifs is 1. The SMILES string of the molecule is O=C(CN(CC1CCCO1)C(=O)c1ccccc1F)N(Cc1ccc2c(c1)OCO2)Cc1cccs1. The molecular formula is C27H27FN2O5S. The highest BCUT2D eigenvalue weighted by Crippen LogP contribution is 2.33. The summed E-state index contributed by atoms with van der Waals surface area (Å²) >= 11 is 1.56. The molecule has 0 N–H and O–H groups in total. The van der Waals surface area contributed by atoms with Crippen LogP contribution in [0.1, 0.15) is 33.6 Å². The zero-order valence-electron chi connectivity index (χ0n) is 19.7. The maximum atomic E-state index is 14.5. The van der Waals surface area contributed by atoms with Crippen LogP contribution in [-0.2, 0) is 22.6 Å². The number of rotatable bonds is 9. The minimum Gasteiger partial charge on any atom is -0.454 e. The number of halogens is 1. The summed E-state index contributed by atoms with van der Waals surface area (Å²) in [5, 5.41) is 1.96. The van der Waals surface area contributed by atoms with Crippen LogP contribution in [-0.4, -0.2) is 54.2 Å². The van der Waals surface area contributed by atoms with Crippen molar-refractivity contribution in [2.24, 2.45) is 0 Å². The number of nitrogens with zero attached hydrogens (tertiary/aromatic N) is 2. The Balaban J connectivity index is 1.37. The summed E-state index contributed by atoms with van der Waals surface area (Å²) in [5.41, 5.74) is 0.833. The van der Waals surface area contributed by atoms with E-state index in [1.807, 2.05) is 35.7 Å². The Morgan fingerprint density at radius 3 is 2.64 bits per heavy atom. The van der Waals surface area contributed by atoms with Crippen molar-refractivity contribution in [2.75, 3.05) is 26.5 Å². The van der Waals surface area contributed by atoms with Crippen molar-refractivity contribution in [3.05, 3.63) is 81.8 Å². The van der Waals surface area contributed by atoms with Gasteiger partial charge in [0.05, 0.1) is 18.2 Å². The van der Waals surface area contributed by atoms with Gasteiger partial charge < -0.3 is 24.0 Å². The Kier molecular flexibility index (Phi) is 7.48. The van der Waals surface area contributed by atoms with Gasteiger partial charge in [0.2, 0.25) is 12.7 Å². The van der Waals surface area contributed by atoms with Gasteiger partial charge in [0.25, 0.3) is 5.91 Å². The van der Waals surface area contributed by atoms with E-state index in [0.717, 1.165) is 23.3 Å². The number of thiophene rings is 1. The summed E-state index contributed by atoms with van der Waals surface area (Å²) in [7, 11) is 0. The van der Waals surface area contributed by atoms with Gasteiger partial charge in [-0.1, -0.05) is 24.3 Å². The van der Waals surface area contributed by atoms with Gasteiger partial charge in [-0.25, -0.2) is 4.39 Å². The Bertz CT molecular complexity index is 1210. The van der Waals surface area contributed by atoms with Crippen LogP contribution in [0.4, 0.5) is 4.39 Å². The second-order valence-electron chi connectivity index (χ2n) is 8.82. The van der Waals surface area contributed by atoms with Crippen LogP contribution in [0.2, 0.25) is 0 Å². The molecule has 3 heterocycles. The highest BCUT2D eigenvalue weighted by molar-refractivity contribution is 7.09. The van der Waals surface area contributed by atoms with E-state index in [4.69, 9.17) is 14.2 Å². The van der Waals surface area contributed by atoms with Crippen molar-refractivity contribution in [1.29, 1.82) is 0 Å². The van der Waals surface area contributed by atoms with E-state index >= 15 is 0 Å². The molecule has 1 aromatic heterocycles. The normalized spacial score (nSPS) is 16.2. The van der Waals surface area contributed by atoms with E-state index in [0.29, 0.717) is 31.2 Å². The maximum absolute atomic E-state index is 14.5. The van der Waals surface area contributed by atoms with Gasteiger partial charge in [0.1, 0.15) is 12.4 Å². The van der Waals surface area contributed by atoms with Gasteiger partial charge in [-0.05, 0) is 54.1 Å². The topological polar surface area (TPSA) is 68.3 Å². The molecule has 1 unspecified atom stereocenters. The average molecular weight is 511 g/mol. The summed E-state index contributed by atoms with van der Waals surface area (Å²) in [6, 6.07) is 15.4. The molecule has 2 aliphatic rings. The van der Waals surface area contributed by atoms with Gasteiger partial charge in [0, 0.05) is 24.6 Å². The van der Waals surface area contributed by atoms with Crippen molar-refractivity contribution in [1.82, 2.24) is 9.80 Å². The van der Waals surface area contributed by atoms with Crippen molar-refractivity contribution in [3.8, 4) is 11.5 Å². The van der Waals surface area contributed by atoms with Gasteiger partial charge in [0.15, 0.2) is 11.5 Å². The van der Waals surface area contributed by atoms with Crippen molar-refractivity contribution < 1.29 is 28.2 Å². The van der Waals surface area contributed by atoms with Crippen molar-refractivity contribution in [2.45, 2.75) is 32.0 Å². The maximum Gasteiger partial charge on any atom is 0.257 e. The van der Waals surface area contributed by atoms with Crippen LogP contribution in [0.3, 0.4) is 0 Å². The van der Waals surface area contributed by atoms with Crippen molar-refractivity contribution >= 4 is 23.2 Å². The van der Waals surface area contributed by atoms with E-state index in [2.05, 4.69) is 0 Å². The van der Waals surface area contributed by atoms with Gasteiger partial charge >= 0.3 is 0 Å². The third-order valence-electron chi connectivity index (χ3n) is 6.26. The molecular weight excluding hydrogens is 483 g/mol. The van der Waals surface area contributed by atoms with Gasteiger partial charge in [-0.15, -0.1) is 11.3 Å². The molecule has 2 amide bonds. The first kappa shape index (κ1) is 24.3. The number of benzene rings is 2. The smallest absolute Gasteiger partial charge is 0.257 e. The third kappa shape index (κ3) is 5.68. The van der Waals surface area contributed by atoms with Crippen molar-refractivity contribution in [3.63, 3.8) is 0 Å². The van der Waals surface area contributed by atoms with Crippen LogP contribution in [0.25, 0.3) is 0 Å². The minimum atomic E-state index is -0.608.